The highest BCUT2D eigenvalue weighted by molar-refractivity contribution is 5.69. The first-order chi connectivity index (χ1) is 3.83. The molecule has 0 aliphatic carbocycles. The molecule has 3 heteroatoms. The summed E-state index contributed by atoms with van der Waals surface area (Å²) in [5.41, 5.74) is 0. The minimum absolute atomic E-state index is 0. The van der Waals surface area contributed by atoms with E-state index in [1.807, 2.05) is 6.92 Å². The van der Waals surface area contributed by atoms with Crippen molar-refractivity contribution in [3.05, 3.63) is 0 Å². The summed E-state index contributed by atoms with van der Waals surface area (Å²) in [4.78, 5) is 10.3. The van der Waals surface area contributed by atoms with Crippen LogP contribution in [0.4, 0.5) is 4.79 Å². The predicted octanol–water partition coefficient (Wildman–Crippen LogP) is 0.751. The van der Waals surface area contributed by atoms with Gasteiger partial charge in [0.15, 0.2) is 0 Å². The van der Waals surface area contributed by atoms with Crippen molar-refractivity contribution in [2.24, 2.45) is 0 Å². The van der Waals surface area contributed by atoms with Gasteiger partial charge in [0, 0.05) is 1.43 Å². The van der Waals surface area contributed by atoms with Crippen LogP contribution >= 0.6 is 0 Å². The van der Waals surface area contributed by atoms with Crippen LogP contribution in [0.15, 0.2) is 0 Å². The summed E-state index contributed by atoms with van der Waals surface area (Å²) in [7, 11) is 0. The van der Waals surface area contributed by atoms with Crippen molar-refractivity contribution in [3.8, 4) is 0 Å². The molecule has 0 unspecified atom stereocenters. The Morgan fingerprint density at radius 2 is 2.88 bits per heavy atom. The first-order valence-electron chi connectivity index (χ1n) is 2.76. The first kappa shape index (κ1) is 5.41. The smallest absolute Gasteiger partial charge is 0.407 e. The summed E-state index contributed by atoms with van der Waals surface area (Å²) in [5.74, 6) is 0. The van der Waals surface area contributed by atoms with Crippen LogP contribution in [0.2, 0.25) is 0 Å². The maximum atomic E-state index is 10.3. The van der Waals surface area contributed by atoms with Gasteiger partial charge in [0.1, 0.15) is 6.61 Å². The fraction of sp³-hybridized carbons (Fsp3) is 0.800. The molecule has 1 rings (SSSR count). The zero-order valence-electron chi connectivity index (χ0n) is 4.81. The Balaban J connectivity index is 0.000000640. The number of ether oxygens (including phenoxy) is 1. The van der Waals surface area contributed by atoms with Crippen molar-refractivity contribution in [3.63, 3.8) is 0 Å². The third kappa shape index (κ3) is 0.911. The van der Waals surface area contributed by atoms with Crippen LogP contribution in [-0.4, -0.2) is 18.7 Å². The molecule has 3 nitrogen and oxygen atoms in total. The van der Waals surface area contributed by atoms with E-state index >= 15 is 0 Å². The Hall–Kier alpha value is -0.730. The molecule has 1 heterocycles. The van der Waals surface area contributed by atoms with Gasteiger partial charge in [-0.3, -0.25) is 0 Å². The lowest BCUT2D eigenvalue weighted by molar-refractivity contribution is 0.176. The Kier molecular flexibility index (Phi) is 1.37. The molecule has 1 amide bonds. The second-order valence-corrected chi connectivity index (χ2v) is 1.85. The van der Waals surface area contributed by atoms with E-state index in [0.29, 0.717) is 6.61 Å². The largest absolute Gasteiger partial charge is 0.447 e. The van der Waals surface area contributed by atoms with Crippen molar-refractivity contribution in [2.75, 3.05) is 6.61 Å². The number of cyclic esters (lactones) is 1. The zero-order chi connectivity index (χ0) is 5.98. The van der Waals surface area contributed by atoms with Gasteiger partial charge < -0.3 is 10.1 Å². The van der Waals surface area contributed by atoms with Gasteiger partial charge in [0.2, 0.25) is 0 Å². The molecular formula is C5H11NO2. The van der Waals surface area contributed by atoms with Crippen LogP contribution in [0.1, 0.15) is 14.8 Å². The van der Waals surface area contributed by atoms with Crippen LogP contribution in [0, 0.1) is 0 Å². The second-order valence-electron chi connectivity index (χ2n) is 1.85. The van der Waals surface area contributed by atoms with Crippen LogP contribution < -0.4 is 5.32 Å². The van der Waals surface area contributed by atoms with E-state index in [9.17, 15) is 4.79 Å². The molecule has 0 saturated carbocycles. The molecule has 1 N–H and O–H groups in total. The summed E-state index contributed by atoms with van der Waals surface area (Å²) in [6, 6.07) is 0.252. The maximum Gasteiger partial charge on any atom is 0.407 e. The van der Waals surface area contributed by atoms with E-state index in [0.717, 1.165) is 6.42 Å². The number of rotatable bonds is 1. The van der Waals surface area contributed by atoms with Gasteiger partial charge >= 0.3 is 6.09 Å². The van der Waals surface area contributed by atoms with E-state index < -0.39 is 0 Å². The van der Waals surface area contributed by atoms with Crippen molar-refractivity contribution in [1.82, 2.24) is 5.32 Å². The molecule has 48 valence electrons. The molecule has 0 aromatic rings. The number of carbonyl (C=O) groups excluding carboxylic acids is 1. The molecule has 1 saturated heterocycles. The first-order valence-corrected chi connectivity index (χ1v) is 2.76. The standard InChI is InChI=1S/C5H9NO2.H2/c1-2-4-3-8-5(7)6-4;/h4H,2-3H2,1H3,(H,6,7);1H/t4-;/m0./s1. The van der Waals surface area contributed by atoms with Gasteiger partial charge in [-0.25, -0.2) is 4.79 Å². The highest BCUT2D eigenvalue weighted by Gasteiger charge is 2.19. The highest BCUT2D eigenvalue weighted by Crippen LogP contribution is 1.99. The average molecular weight is 117 g/mol. The number of alkyl carbamates (subject to hydrolysis) is 1. The summed E-state index contributed by atoms with van der Waals surface area (Å²) >= 11 is 0. The van der Waals surface area contributed by atoms with Gasteiger partial charge in [-0.1, -0.05) is 6.92 Å². The molecule has 8 heavy (non-hydrogen) atoms. The number of carbonyl (C=O) groups is 1. The van der Waals surface area contributed by atoms with E-state index in [1.54, 1.807) is 0 Å². The minimum atomic E-state index is -0.281. The van der Waals surface area contributed by atoms with E-state index in [1.165, 1.54) is 0 Å². The molecule has 0 aromatic carbocycles. The molecule has 0 aromatic heterocycles. The Morgan fingerprint density at radius 1 is 2.12 bits per heavy atom. The summed E-state index contributed by atoms with van der Waals surface area (Å²) in [6.07, 6.45) is 0.669. The molecule has 1 aliphatic rings. The molecule has 0 bridgehead atoms. The Labute approximate surface area is 49.5 Å². The number of nitrogens with one attached hydrogen (secondary N) is 1. The third-order valence-corrected chi connectivity index (χ3v) is 1.23. The van der Waals surface area contributed by atoms with Crippen LogP contribution in [-0.2, 0) is 4.74 Å². The topological polar surface area (TPSA) is 38.3 Å². The van der Waals surface area contributed by atoms with Crippen molar-refractivity contribution < 1.29 is 11.0 Å². The Bertz CT molecular complexity index is 107. The molecular weight excluding hydrogens is 106 g/mol. The van der Waals surface area contributed by atoms with Gasteiger partial charge in [-0.05, 0) is 6.42 Å². The third-order valence-electron chi connectivity index (χ3n) is 1.23. The van der Waals surface area contributed by atoms with Gasteiger partial charge in [-0.15, -0.1) is 0 Å². The van der Waals surface area contributed by atoms with Crippen molar-refractivity contribution >= 4 is 6.09 Å². The fourth-order valence-corrected chi connectivity index (χ4v) is 0.646. The summed E-state index contributed by atoms with van der Waals surface area (Å²) in [5, 5.41) is 2.64. The highest BCUT2D eigenvalue weighted by atomic mass is 16.6. The quantitative estimate of drug-likeness (QED) is 0.550. The summed E-state index contributed by atoms with van der Waals surface area (Å²) in [6.45, 7) is 2.55. The molecule has 1 fully saturated rings. The van der Waals surface area contributed by atoms with Gasteiger partial charge in [-0.2, -0.15) is 0 Å². The van der Waals surface area contributed by atoms with Crippen LogP contribution in [0.3, 0.4) is 0 Å². The van der Waals surface area contributed by atoms with Crippen LogP contribution in [0.5, 0.6) is 0 Å². The lowest BCUT2D eigenvalue weighted by atomic mass is 10.3. The molecule has 0 radical (unpaired) electrons. The SMILES string of the molecule is CC[C@H]1COC(=O)N1.[HH]. The monoisotopic (exact) mass is 117 g/mol. The molecule has 1 atom stereocenters. The predicted molar refractivity (Wildman–Crippen MR) is 30.7 cm³/mol. The second kappa shape index (κ2) is 2.03. The minimum Gasteiger partial charge on any atom is -0.447 e. The maximum absolute atomic E-state index is 10.3. The van der Waals surface area contributed by atoms with E-state index in [4.69, 9.17) is 0 Å². The normalized spacial score (nSPS) is 27.1. The van der Waals surface area contributed by atoms with E-state index in [2.05, 4.69) is 10.1 Å². The summed E-state index contributed by atoms with van der Waals surface area (Å²) < 4.78 is 4.61. The fourth-order valence-electron chi connectivity index (χ4n) is 0.646. The van der Waals surface area contributed by atoms with Crippen LogP contribution in [0.25, 0.3) is 0 Å². The number of hydrogen-bond acceptors (Lipinski definition) is 2. The van der Waals surface area contributed by atoms with Crippen molar-refractivity contribution in [2.45, 2.75) is 19.4 Å². The number of hydrogen-bond donors (Lipinski definition) is 1. The average Bonchev–Trinajstić information content (AvgIpc) is 2.14. The van der Waals surface area contributed by atoms with E-state index in [-0.39, 0.29) is 13.6 Å². The van der Waals surface area contributed by atoms with Crippen molar-refractivity contribution in [1.29, 1.82) is 0 Å². The lowest BCUT2D eigenvalue weighted by Crippen LogP contribution is -2.24. The Morgan fingerprint density at radius 3 is 3.12 bits per heavy atom. The van der Waals surface area contributed by atoms with Gasteiger partial charge in [0.05, 0.1) is 6.04 Å². The molecule has 0 spiro atoms. The van der Waals surface area contributed by atoms with Gasteiger partial charge in [0.25, 0.3) is 0 Å². The zero-order valence-corrected chi connectivity index (χ0v) is 4.81. The lowest BCUT2D eigenvalue weighted by Gasteiger charge is -1.97. The molecule has 1 aliphatic heterocycles. The number of amides is 1.